The van der Waals surface area contributed by atoms with Gasteiger partial charge in [-0.1, -0.05) is 13.8 Å². The molecule has 0 saturated carbocycles. The fourth-order valence-electron chi connectivity index (χ4n) is 1.36. The van der Waals surface area contributed by atoms with Gasteiger partial charge >= 0.3 is 0 Å². The quantitative estimate of drug-likeness (QED) is 0.754. The number of carbonyl (C=O) groups excluding carboxylic acids is 1. The zero-order valence-electron chi connectivity index (χ0n) is 13.2. The molecular weight excluding hydrogens is 308 g/mol. The normalized spacial score (nSPS) is 11.7. The molecule has 124 valence electrons. The highest BCUT2D eigenvalue weighted by molar-refractivity contribution is 7.88. The number of amides is 1. The summed E-state index contributed by atoms with van der Waals surface area (Å²) < 4.78 is 28.8. The van der Waals surface area contributed by atoms with Gasteiger partial charge in [-0.05, 0) is 18.4 Å². The van der Waals surface area contributed by atoms with Crippen LogP contribution in [0.25, 0.3) is 0 Å². The second-order valence-corrected chi connectivity index (χ2v) is 7.44. The van der Waals surface area contributed by atoms with Crippen molar-refractivity contribution in [1.29, 1.82) is 0 Å². The van der Waals surface area contributed by atoms with E-state index in [4.69, 9.17) is 4.74 Å². The van der Waals surface area contributed by atoms with E-state index >= 15 is 0 Å². The third-order valence-electron chi connectivity index (χ3n) is 2.79. The van der Waals surface area contributed by atoms with Crippen LogP contribution in [0.4, 0.5) is 5.82 Å². The van der Waals surface area contributed by atoms with Gasteiger partial charge in [0.2, 0.25) is 21.8 Å². The van der Waals surface area contributed by atoms with Gasteiger partial charge in [0.1, 0.15) is 0 Å². The summed E-state index contributed by atoms with van der Waals surface area (Å²) in [5.41, 5.74) is 0. The topological polar surface area (TPSA) is 101 Å². The Balaban J connectivity index is 2.48. The number of aromatic nitrogens is 2. The molecule has 0 radical (unpaired) electrons. The Morgan fingerprint density at radius 2 is 2.05 bits per heavy atom. The summed E-state index contributed by atoms with van der Waals surface area (Å²) in [6, 6.07) is 3.15. The van der Waals surface area contributed by atoms with Crippen LogP contribution in [0.2, 0.25) is 0 Å². The second-order valence-electron chi connectivity index (χ2n) is 5.36. The summed E-state index contributed by atoms with van der Waals surface area (Å²) >= 11 is 0. The van der Waals surface area contributed by atoms with Crippen molar-refractivity contribution in [1.82, 2.24) is 14.5 Å². The van der Waals surface area contributed by atoms with Gasteiger partial charge in [0, 0.05) is 13.1 Å². The van der Waals surface area contributed by atoms with Crippen molar-refractivity contribution >= 4 is 21.7 Å². The first-order chi connectivity index (χ1) is 10.2. The molecule has 0 bridgehead atoms. The van der Waals surface area contributed by atoms with E-state index in [0.717, 1.165) is 17.0 Å². The summed E-state index contributed by atoms with van der Waals surface area (Å²) in [6.45, 7) is 4.47. The lowest BCUT2D eigenvalue weighted by Gasteiger charge is -2.13. The van der Waals surface area contributed by atoms with Crippen LogP contribution in [0, 0.1) is 5.92 Å². The minimum absolute atomic E-state index is 0.239. The Hall–Kier alpha value is -1.74. The average Bonchev–Trinajstić information content (AvgIpc) is 2.39. The zero-order chi connectivity index (χ0) is 16.8. The molecule has 8 nitrogen and oxygen atoms in total. The van der Waals surface area contributed by atoms with Crippen LogP contribution >= 0.6 is 0 Å². The lowest BCUT2D eigenvalue weighted by Crippen LogP contribution is -2.34. The maximum atomic E-state index is 11.7. The molecule has 1 aromatic heterocycles. The number of hydrogen-bond acceptors (Lipinski definition) is 6. The molecule has 0 aromatic carbocycles. The average molecular weight is 330 g/mol. The van der Waals surface area contributed by atoms with Crippen LogP contribution < -0.4 is 10.1 Å². The van der Waals surface area contributed by atoms with Crippen LogP contribution in [0.15, 0.2) is 12.1 Å². The summed E-state index contributed by atoms with van der Waals surface area (Å²) in [5.74, 6) is 0.670. The van der Waals surface area contributed by atoms with Gasteiger partial charge in [-0.15, -0.1) is 10.2 Å². The number of hydrogen-bond donors (Lipinski definition) is 1. The Kier molecular flexibility index (Phi) is 6.69. The lowest BCUT2D eigenvalue weighted by molar-refractivity contribution is -0.116. The van der Waals surface area contributed by atoms with E-state index in [1.807, 2.05) is 0 Å². The Morgan fingerprint density at radius 3 is 2.55 bits per heavy atom. The number of anilines is 1. The van der Waals surface area contributed by atoms with Crippen molar-refractivity contribution in [3.05, 3.63) is 12.1 Å². The molecule has 1 amide bonds. The van der Waals surface area contributed by atoms with Crippen LogP contribution in [-0.4, -0.2) is 55.3 Å². The van der Waals surface area contributed by atoms with Gasteiger partial charge < -0.3 is 10.1 Å². The Labute approximate surface area is 130 Å². The fourth-order valence-corrected chi connectivity index (χ4v) is 1.72. The highest BCUT2D eigenvalue weighted by atomic mass is 32.2. The minimum atomic E-state index is -3.40. The predicted molar refractivity (Wildman–Crippen MR) is 83.1 cm³/mol. The predicted octanol–water partition coefficient (Wildman–Crippen LogP) is 0.731. The highest BCUT2D eigenvalue weighted by Crippen LogP contribution is 2.10. The van der Waals surface area contributed by atoms with Gasteiger partial charge in [-0.2, -0.15) is 4.31 Å². The molecule has 1 aromatic rings. The van der Waals surface area contributed by atoms with Crippen molar-refractivity contribution in [3.63, 3.8) is 0 Å². The van der Waals surface area contributed by atoms with E-state index in [1.165, 1.54) is 7.05 Å². The molecule has 9 heteroatoms. The molecule has 22 heavy (non-hydrogen) atoms. The Bertz CT molecular complexity index is 587. The van der Waals surface area contributed by atoms with E-state index in [0.29, 0.717) is 18.4 Å². The summed E-state index contributed by atoms with van der Waals surface area (Å²) in [6.07, 6.45) is 1.95. The van der Waals surface area contributed by atoms with Crippen LogP contribution in [0.5, 0.6) is 5.88 Å². The number of sulfonamides is 1. The van der Waals surface area contributed by atoms with Gasteiger partial charge in [0.25, 0.3) is 0 Å². The minimum Gasteiger partial charge on any atom is -0.477 e. The molecule has 0 aliphatic rings. The monoisotopic (exact) mass is 330 g/mol. The first kappa shape index (κ1) is 18.3. The van der Waals surface area contributed by atoms with Gasteiger partial charge in [0.05, 0.1) is 19.4 Å². The fraction of sp³-hybridized carbons (Fsp3) is 0.615. The smallest absolute Gasteiger partial charge is 0.240 e. The van der Waals surface area contributed by atoms with Crippen molar-refractivity contribution in [2.24, 2.45) is 5.92 Å². The SMILES string of the molecule is CC(C)CCOc1ccc(NC(=O)CN(C)S(C)(=O)=O)nn1. The highest BCUT2D eigenvalue weighted by Gasteiger charge is 2.15. The first-order valence-electron chi connectivity index (χ1n) is 6.86. The van der Waals surface area contributed by atoms with E-state index in [-0.39, 0.29) is 12.4 Å². The van der Waals surface area contributed by atoms with E-state index < -0.39 is 15.9 Å². The molecular formula is C13H22N4O4S. The number of nitrogens with one attached hydrogen (secondary N) is 1. The molecule has 0 unspecified atom stereocenters. The first-order valence-corrected chi connectivity index (χ1v) is 8.71. The number of nitrogens with zero attached hydrogens (tertiary/aromatic N) is 3. The van der Waals surface area contributed by atoms with Crippen LogP contribution in [-0.2, 0) is 14.8 Å². The van der Waals surface area contributed by atoms with Gasteiger partial charge in [-0.25, -0.2) is 8.42 Å². The molecule has 0 spiro atoms. The molecule has 0 saturated heterocycles. The van der Waals surface area contributed by atoms with Crippen LogP contribution in [0.1, 0.15) is 20.3 Å². The number of rotatable bonds is 8. The maximum absolute atomic E-state index is 11.7. The van der Waals surface area contributed by atoms with E-state index in [2.05, 4.69) is 29.4 Å². The standard InChI is InChI=1S/C13H22N4O4S/c1-10(2)7-8-21-13-6-5-11(15-16-13)14-12(18)9-17(3)22(4,19)20/h5-6,10H,7-9H2,1-4H3,(H,14,15,18). The van der Waals surface area contributed by atoms with Crippen molar-refractivity contribution in [2.75, 3.05) is 31.8 Å². The molecule has 1 N–H and O–H groups in total. The van der Waals surface area contributed by atoms with Crippen molar-refractivity contribution in [3.8, 4) is 5.88 Å². The molecule has 1 rings (SSSR count). The Morgan fingerprint density at radius 1 is 1.36 bits per heavy atom. The van der Waals surface area contributed by atoms with E-state index in [9.17, 15) is 13.2 Å². The molecule has 0 aliphatic carbocycles. The maximum Gasteiger partial charge on any atom is 0.240 e. The molecule has 0 fully saturated rings. The van der Waals surface area contributed by atoms with Crippen molar-refractivity contribution < 1.29 is 17.9 Å². The van der Waals surface area contributed by atoms with Gasteiger partial charge in [0.15, 0.2) is 5.82 Å². The molecule has 0 aliphatic heterocycles. The third-order valence-corrected chi connectivity index (χ3v) is 4.05. The number of carbonyl (C=O) groups is 1. The van der Waals surface area contributed by atoms with E-state index in [1.54, 1.807) is 12.1 Å². The summed E-state index contributed by atoms with van der Waals surface area (Å²) in [5, 5.41) is 10.1. The van der Waals surface area contributed by atoms with Gasteiger partial charge in [-0.3, -0.25) is 4.79 Å². The second kappa shape index (κ2) is 8.04. The third kappa shape index (κ3) is 6.81. The largest absolute Gasteiger partial charge is 0.477 e. The summed E-state index contributed by atoms with van der Waals surface area (Å²) in [4.78, 5) is 11.7. The summed E-state index contributed by atoms with van der Waals surface area (Å²) in [7, 11) is -2.07. The number of likely N-dealkylation sites (N-methyl/N-ethyl adjacent to an activating group) is 1. The number of ether oxygens (including phenoxy) is 1. The van der Waals surface area contributed by atoms with Crippen LogP contribution in [0.3, 0.4) is 0 Å². The zero-order valence-corrected chi connectivity index (χ0v) is 14.1. The lowest BCUT2D eigenvalue weighted by atomic mass is 10.1. The molecule has 0 atom stereocenters. The van der Waals surface area contributed by atoms with Crippen molar-refractivity contribution in [2.45, 2.75) is 20.3 Å². The molecule has 1 heterocycles.